The second kappa shape index (κ2) is 10.1. The highest BCUT2D eigenvalue weighted by atomic mass is 15.2. The van der Waals surface area contributed by atoms with E-state index in [1.54, 1.807) is 0 Å². The zero-order valence-electron chi connectivity index (χ0n) is 34.1. The average Bonchev–Trinajstić information content (AvgIpc) is 3.94. The normalized spacial score (nSPS) is 17.0. The molecule has 280 valence electrons. The van der Waals surface area contributed by atoms with Crippen molar-refractivity contribution in [1.82, 2.24) is 4.48 Å². The Balaban J connectivity index is 1.18. The summed E-state index contributed by atoms with van der Waals surface area (Å²) in [5, 5.41) is 1.38. The molecule has 1 aromatic heterocycles. The maximum Gasteiger partial charge on any atom is 0.333 e. The van der Waals surface area contributed by atoms with Crippen LogP contribution >= 0.6 is 0 Å². The van der Waals surface area contributed by atoms with Gasteiger partial charge in [0.25, 0.3) is 0 Å². The molecule has 0 N–H and O–H groups in total. The van der Waals surface area contributed by atoms with Crippen molar-refractivity contribution in [3.8, 4) is 44.6 Å². The Hall–Kier alpha value is -6.84. The molecule has 0 saturated carbocycles. The predicted octanol–water partition coefficient (Wildman–Crippen LogP) is 12.3. The summed E-state index contributed by atoms with van der Waals surface area (Å²) in [6, 6.07) is 63.3. The fourth-order valence-corrected chi connectivity index (χ4v) is 13.8. The van der Waals surface area contributed by atoms with Gasteiger partial charge in [-0.15, -0.1) is 0 Å². The molecule has 4 heterocycles. The van der Waals surface area contributed by atoms with Crippen LogP contribution in [0.25, 0.3) is 55.5 Å². The van der Waals surface area contributed by atoms with Gasteiger partial charge in [0.2, 0.25) is 0 Å². The SMILES string of the molecule is CC1(C)c2ccccc2-c2cc3c4c(c21)N1c2ccccc2C2(c5ccccc5-c5ccccc52)c2cccc(c21)B4n1c2c(c4cccc-3c41)C(C)(C)c1ccccc1-2. The third-order valence-electron chi connectivity index (χ3n) is 15.9. The second-order valence-electron chi connectivity index (χ2n) is 19.1. The molecule has 8 aromatic carbocycles. The first-order valence-corrected chi connectivity index (χ1v) is 21.7. The predicted molar refractivity (Wildman–Crippen MR) is 248 cm³/mol. The first-order valence-electron chi connectivity index (χ1n) is 21.7. The van der Waals surface area contributed by atoms with E-state index in [-0.39, 0.29) is 17.7 Å². The molecule has 60 heavy (non-hydrogen) atoms. The Labute approximate surface area is 350 Å². The van der Waals surface area contributed by atoms with Gasteiger partial charge in [0.05, 0.1) is 11.1 Å². The summed E-state index contributed by atoms with van der Waals surface area (Å²) in [5.74, 6) is 0. The molecule has 3 heteroatoms. The Bertz CT molecular complexity index is 3480. The first-order chi connectivity index (χ1) is 29.3. The highest BCUT2D eigenvalue weighted by Crippen LogP contribution is 2.66. The van der Waals surface area contributed by atoms with Gasteiger partial charge < -0.3 is 9.38 Å². The fraction of sp³-hybridized carbons (Fsp3) is 0.123. The number of aromatic nitrogens is 1. The van der Waals surface area contributed by atoms with E-state index in [0.29, 0.717) is 0 Å². The van der Waals surface area contributed by atoms with Gasteiger partial charge in [-0.2, -0.15) is 0 Å². The minimum Gasteiger partial charge on any atom is -0.375 e. The van der Waals surface area contributed by atoms with E-state index in [9.17, 15) is 0 Å². The van der Waals surface area contributed by atoms with Crippen LogP contribution in [0.3, 0.4) is 0 Å². The van der Waals surface area contributed by atoms with E-state index < -0.39 is 5.41 Å². The Morgan fingerprint density at radius 3 is 1.67 bits per heavy atom. The Kier molecular flexibility index (Phi) is 5.41. The van der Waals surface area contributed by atoms with Crippen molar-refractivity contribution < 1.29 is 0 Å². The van der Waals surface area contributed by atoms with Crippen LogP contribution in [0.4, 0.5) is 17.1 Å². The van der Waals surface area contributed by atoms with Crippen LogP contribution in [-0.2, 0) is 16.2 Å². The number of hydrogen-bond donors (Lipinski definition) is 0. The molecular weight excluding hydrogens is 723 g/mol. The van der Waals surface area contributed by atoms with E-state index in [0.717, 1.165) is 0 Å². The molecular formula is C57H39BN2. The van der Waals surface area contributed by atoms with Gasteiger partial charge in [-0.1, -0.05) is 179 Å². The molecule has 0 unspecified atom stereocenters. The van der Waals surface area contributed by atoms with Crippen LogP contribution in [0, 0.1) is 0 Å². The molecule has 9 aromatic rings. The van der Waals surface area contributed by atoms with Crippen molar-refractivity contribution in [3.63, 3.8) is 0 Å². The van der Waals surface area contributed by atoms with Crippen LogP contribution in [0.1, 0.15) is 72.2 Å². The smallest absolute Gasteiger partial charge is 0.333 e. The van der Waals surface area contributed by atoms with E-state index in [1.807, 2.05) is 0 Å². The van der Waals surface area contributed by atoms with E-state index in [4.69, 9.17) is 0 Å². The molecule has 0 atom stereocenters. The number of para-hydroxylation sites is 3. The number of rotatable bonds is 0. The number of benzene rings is 8. The van der Waals surface area contributed by atoms with E-state index >= 15 is 0 Å². The lowest BCUT2D eigenvalue weighted by Crippen LogP contribution is -2.59. The minimum absolute atomic E-state index is 0.0386. The molecule has 6 aliphatic rings. The molecule has 3 aliphatic heterocycles. The number of nitrogens with zero attached hydrogens (tertiary/aromatic N) is 2. The van der Waals surface area contributed by atoms with Gasteiger partial charge in [0, 0.05) is 49.9 Å². The van der Waals surface area contributed by atoms with Crippen molar-refractivity contribution in [2.24, 2.45) is 0 Å². The molecule has 0 amide bonds. The number of anilines is 3. The summed E-state index contributed by atoms with van der Waals surface area (Å²) in [6.45, 7) is 9.80. The van der Waals surface area contributed by atoms with Crippen LogP contribution < -0.4 is 15.8 Å². The second-order valence-corrected chi connectivity index (χ2v) is 19.1. The summed E-state index contributed by atoms with van der Waals surface area (Å²) in [5.41, 5.74) is 29.3. The lowest BCUT2D eigenvalue weighted by atomic mass is 9.43. The Morgan fingerprint density at radius 2 is 0.950 bits per heavy atom. The van der Waals surface area contributed by atoms with Crippen molar-refractivity contribution >= 4 is 45.7 Å². The van der Waals surface area contributed by atoms with Crippen LogP contribution in [-0.4, -0.2) is 11.3 Å². The average molecular weight is 763 g/mol. The maximum atomic E-state index is 2.82. The van der Waals surface area contributed by atoms with Crippen molar-refractivity contribution in [3.05, 3.63) is 208 Å². The lowest BCUT2D eigenvalue weighted by molar-refractivity contribution is 0.660. The van der Waals surface area contributed by atoms with Crippen LogP contribution in [0.15, 0.2) is 164 Å². The molecule has 2 nitrogen and oxygen atoms in total. The molecule has 1 spiro atoms. The molecule has 15 rings (SSSR count). The summed E-state index contributed by atoms with van der Waals surface area (Å²) in [4.78, 5) is 2.75. The first kappa shape index (κ1) is 32.1. The van der Waals surface area contributed by atoms with E-state index in [1.165, 1.54) is 128 Å². The summed E-state index contributed by atoms with van der Waals surface area (Å²) < 4.78 is 2.82. The highest BCUT2D eigenvalue weighted by Gasteiger charge is 2.57. The van der Waals surface area contributed by atoms with Crippen molar-refractivity contribution in [2.45, 2.75) is 43.9 Å². The summed E-state index contributed by atoms with van der Waals surface area (Å²) in [7, 11) is 0. The zero-order chi connectivity index (χ0) is 39.6. The monoisotopic (exact) mass is 762 g/mol. The van der Waals surface area contributed by atoms with Gasteiger partial charge in [-0.25, -0.2) is 0 Å². The largest absolute Gasteiger partial charge is 0.375 e. The van der Waals surface area contributed by atoms with Crippen molar-refractivity contribution in [1.29, 1.82) is 0 Å². The quantitative estimate of drug-likeness (QED) is 0.140. The van der Waals surface area contributed by atoms with Crippen molar-refractivity contribution in [2.75, 3.05) is 4.90 Å². The van der Waals surface area contributed by atoms with E-state index in [2.05, 4.69) is 201 Å². The number of fused-ring (bicyclic) bond motifs is 22. The lowest BCUT2D eigenvalue weighted by Gasteiger charge is -2.51. The zero-order valence-corrected chi connectivity index (χ0v) is 34.1. The van der Waals surface area contributed by atoms with Gasteiger partial charge in [-0.3, -0.25) is 0 Å². The van der Waals surface area contributed by atoms with Crippen LogP contribution in [0.2, 0.25) is 0 Å². The standard InChI is InChI=1S/C57H39BN2/c1-55(2)40-23-9-5-19-34(40)38-31-39-35-21-15-22-37-48-52(36-20-8-10-24-41(36)56(48,3)4)60(51(35)37)58-46-29-16-28-45-53(46)59(54(49(38)55)50(39)58)47-30-14-13-27-44(47)57(45)42-25-11-6-17-32(42)33-18-7-12-26-43(33)57/h5-31H,1-4H3. The number of hydrogen-bond acceptors (Lipinski definition) is 1. The van der Waals surface area contributed by atoms with Gasteiger partial charge in [-0.05, 0) is 95.4 Å². The molecule has 3 aliphatic carbocycles. The molecule has 0 saturated heterocycles. The molecule has 0 fully saturated rings. The highest BCUT2D eigenvalue weighted by molar-refractivity contribution is 6.90. The topological polar surface area (TPSA) is 8.17 Å². The molecule has 0 bridgehead atoms. The fourth-order valence-electron chi connectivity index (χ4n) is 13.8. The Morgan fingerprint density at radius 1 is 0.417 bits per heavy atom. The minimum atomic E-state index is -0.489. The summed E-state index contributed by atoms with van der Waals surface area (Å²) in [6.07, 6.45) is 0. The maximum absolute atomic E-state index is 2.82. The molecule has 0 radical (unpaired) electrons. The summed E-state index contributed by atoms with van der Waals surface area (Å²) >= 11 is 0. The van der Waals surface area contributed by atoms with Gasteiger partial charge in [0.1, 0.15) is 0 Å². The third-order valence-corrected chi connectivity index (χ3v) is 15.9. The van der Waals surface area contributed by atoms with Gasteiger partial charge >= 0.3 is 6.85 Å². The van der Waals surface area contributed by atoms with Crippen LogP contribution in [0.5, 0.6) is 0 Å². The third kappa shape index (κ3) is 3.21. The van der Waals surface area contributed by atoms with Gasteiger partial charge in [0.15, 0.2) is 0 Å².